The highest BCUT2D eigenvalue weighted by Crippen LogP contribution is 2.48. The second kappa shape index (κ2) is 7.57. The molecule has 1 atom stereocenters. The summed E-state index contributed by atoms with van der Waals surface area (Å²) in [6.07, 6.45) is 1.14. The number of likely N-dealkylation sites (N-methyl/N-ethyl adjacent to an activating group) is 1. The molecule has 3 aromatic carbocycles. The second-order valence-corrected chi connectivity index (χ2v) is 8.34. The van der Waals surface area contributed by atoms with Crippen LogP contribution in [0.4, 0.5) is 17.1 Å². The van der Waals surface area contributed by atoms with Gasteiger partial charge >= 0.3 is 0 Å². The first-order valence-electron chi connectivity index (χ1n) is 10.7. The Balaban J connectivity index is 1.44. The smallest absolute Gasteiger partial charge is 0.0649 e. The molecule has 0 amide bonds. The molecule has 0 aliphatic carbocycles. The van der Waals surface area contributed by atoms with Crippen LogP contribution in [-0.2, 0) is 13.0 Å². The molecule has 148 valence electrons. The van der Waals surface area contributed by atoms with Gasteiger partial charge in [0.1, 0.15) is 0 Å². The number of rotatable bonds is 5. The van der Waals surface area contributed by atoms with Gasteiger partial charge in [0.2, 0.25) is 0 Å². The van der Waals surface area contributed by atoms with Gasteiger partial charge in [0, 0.05) is 31.9 Å². The van der Waals surface area contributed by atoms with E-state index in [2.05, 4.69) is 101 Å². The summed E-state index contributed by atoms with van der Waals surface area (Å²) in [5.41, 5.74) is 8.49. The first kappa shape index (κ1) is 18.3. The lowest BCUT2D eigenvalue weighted by molar-refractivity contribution is 0.329. The molecular formula is C26H29N3. The molecule has 0 N–H and O–H groups in total. The van der Waals surface area contributed by atoms with Crippen LogP contribution in [0.2, 0.25) is 0 Å². The molecule has 29 heavy (non-hydrogen) atoms. The molecule has 5 rings (SSSR count). The number of hydrogen-bond acceptors (Lipinski definition) is 3. The van der Waals surface area contributed by atoms with Gasteiger partial charge in [0.15, 0.2) is 0 Å². The van der Waals surface area contributed by atoms with E-state index in [0.717, 1.165) is 32.6 Å². The van der Waals surface area contributed by atoms with Crippen molar-refractivity contribution in [3.05, 3.63) is 89.5 Å². The van der Waals surface area contributed by atoms with E-state index in [0.29, 0.717) is 6.04 Å². The third kappa shape index (κ3) is 3.30. The van der Waals surface area contributed by atoms with E-state index in [-0.39, 0.29) is 0 Å². The molecule has 0 aromatic heterocycles. The van der Waals surface area contributed by atoms with Crippen molar-refractivity contribution < 1.29 is 0 Å². The molecule has 0 radical (unpaired) electrons. The van der Waals surface area contributed by atoms with E-state index < -0.39 is 0 Å². The fraction of sp³-hybridized carbons (Fsp3) is 0.308. The van der Waals surface area contributed by atoms with Crippen molar-refractivity contribution in [2.45, 2.75) is 25.9 Å². The lowest BCUT2D eigenvalue weighted by atomic mass is 10.0. The predicted molar refractivity (Wildman–Crippen MR) is 122 cm³/mol. The molecule has 1 unspecified atom stereocenters. The van der Waals surface area contributed by atoms with Gasteiger partial charge in [-0.25, -0.2) is 0 Å². The number of fused-ring (bicyclic) bond motifs is 2. The van der Waals surface area contributed by atoms with E-state index in [1.54, 1.807) is 0 Å². The lowest BCUT2D eigenvalue weighted by Crippen LogP contribution is -2.34. The van der Waals surface area contributed by atoms with Crippen LogP contribution in [-0.4, -0.2) is 31.6 Å². The highest BCUT2D eigenvalue weighted by Gasteiger charge is 2.33. The minimum absolute atomic E-state index is 0.360. The number of hydrogen-bond donors (Lipinski definition) is 0. The Kier molecular flexibility index (Phi) is 4.76. The van der Waals surface area contributed by atoms with Gasteiger partial charge in [-0.2, -0.15) is 0 Å². The highest BCUT2D eigenvalue weighted by atomic mass is 15.3. The maximum atomic E-state index is 2.60. The van der Waals surface area contributed by atoms with Crippen molar-refractivity contribution in [2.75, 3.05) is 36.5 Å². The quantitative estimate of drug-likeness (QED) is 0.584. The highest BCUT2D eigenvalue weighted by molar-refractivity contribution is 5.84. The molecular weight excluding hydrogens is 354 g/mol. The average molecular weight is 384 g/mol. The molecule has 3 heteroatoms. The van der Waals surface area contributed by atoms with Gasteiger partial charge < -0.3 is 14.7 Å². The largest absolute Gasteiger partial charge is 0.362 e. The van der Waals surface area contributed by atoms with Crippen molar-refractivity contribution in [3.63, 3.8) is 0 Å². The summed E-state index contributed by atoms with van der Waals surface area (Å²) < 4.78 is 0. The summed E-state index contributed by atoms with van der Waals surface area (Å²) in [7, 11) is 2.23. The SMILES string of the molecule is CC1c2cccc3c2N(CC3)c2ccccc2N1CCN(C)Cc1ccccc1. The number of anilines is 3. The molecule has 0 bridgehead atoms. The maximum Gasteiger partial charge on any atom is 0.0649 e. The Morgan fingerprint density at radius 1 is 0.897 bits per heavy atom. The first-order valence-corrected chi connectivity index (χ1v) is 10.7. The van der Waals surface area contributed by atoms with Crippen LogP contribution in [0.15, 0.2) is 72.8 Å². The second-order valence-electron chi connectivity index (χ2n) is 8.34. The standard InChI is InChI=1S/C26H29N3/c1-20-23-12-8-11-22-15-16-29(26(22)23)25-14-7-6-13-24(25)28(20)18-17-27(2)19-21-9-4-3-5-10-21/h3-14,20H,15-19H2,1-2H3. The van der Waals surface area contributed by atoms with Gasteiger partial charge in [0.25, 0.3) is 0 Å². The number of nitrogens with zero attached hydrogens (tertiary/aromatic N) is 3. The third-order valence-corrected chi connectivity index (χ3v) is 6.44. The summed E-state index contributed by atoms with van der Waals surface area (Å²) in [5.74, 6) is 0. The van der Waals surface area contributed by atoms with Crippen LogP contribution < -0.4 is 9.80 Å². The summed E-state index contributed by atoms with van der Waals surface area (Å²) >= 11 is 0. The predicted octanol–water partition coefficient (Wildman–Crippen LogP) is 5.39. The van der Waals surface area contributed by atoms with Crippen LogP contribution in [0.3, 0.4) is 0 Å². The van der Waals surface area contributed by atoms with Gasteiger partial charge in [-0.05, 0) is 49.2 Å². The minimum atomic E-state index is 0.360. The third-order valence-electron chi connectivity index (χ3n) is 6.44. The average Bonchev–Trinajstić information content (AvgIpc) is 3.15. The zero-order chi connectivity index (χ0) is 19.8. The van der Waals surface area contributed by atoms with Crippen LogP contribution in [0.25, 0.3) is 0 Å². The van der Waals surface area contributed by atoms with Crippen molar-refractivity contribution in [1.29, 1.82) is 0 Å². The number of para-hydroxylation sites is 3. The monoisotopic (exact) mass is 383 g/mol. The van der Waals surface area contributed by atoms with E-state index >= 15 is 0 Å². The molecule has 0 saturated heterocycles. The fourth-order valence-corrected chi connectivity index (χ4v) is 4.94. The minimum Gasteiger partial charge on any atom is -0.362 e. The molecule has 2 heterocycles. The summed E-state index contributed by atoms with van der Waals surface area (Å²) in [6.45, 7) is 6.47. The Labute approximate surface area is 174 Å². The van der Waals surface area contributed by atoms with Crippen LogP contribution in [0.1, 0.15) is 29.7 Å². The van der Waals surface area contributed by atoms with E-state index in [4.69, 9.17) is 0 Å². The van der Waals surface area contributed by atoms with Gasteiger partial charge in [-0.3, -0.25) is 0 Å². The van der Waals surface area contributed by atoms with Gasteiger partial charge in [0.05, 0.1) is 17.4 Å². The van der Waals surface area contributed by atoms with Crippen molar-refractivity contribution >= 4 is 17.1 Å². The Hall–Kier alpha value is -2.78. The Morgan fingerprint density at radius 3 is 2.48 bits per heavy atom. The Bertz CT molecular complexity index is 998. The van der Waals surface area contributed by atoms with E-state index in [9.17, 15) is 0 Å². The topological polar surface area (TPSA) is 9.72 Å². The molecule has 0 spiro atoms. The van der Waals surface area contributed by atoms with Gasteiger partial charge in [-0.1, -0.05) is 60.7 Å². The van der Waals surface area contributed by atoms with Crippen LogP contribution >= 0.6 is 0 Å². The molecule has 3 nitrogen and oxygen atoms in total. The molecule has 2 aliphatic heterocycles. The van der Waals surface area contributed by atoms with Crippen LogP contribution in [0.5, 0.6) is 0 Å². The van der Waals surface area contributed by atoms with E-state index in [1.165, 1.54) is 33.8 Å². The molecule has 3 aromatic rings. The zero-order valence-corrected chi connectivity index (χ0v) is 17.4. The Morgan fingerprint density at radius 2 is 1.66 bits per heavy atom. The fourth-order valence-electron chi connectivity index (χ4n) is 4.94. The lowest BCUT2D eigenvalue weighted by Gasteiger charge is -2.33. The molecule has 0 fully saturated rings. The number of benzene rings is 3. The van der Waals surface area contributed by atoms with E-state index in [1.807, 2.05) is 0 Å². The van der Waals surface area contributed by atoms with Crippen molar-refractivity contribution in [2.24, 2.45) is 0 Å². The summed E-state index contributed by atoms with van der Waals surface area (Å²) in [5, 5.41) is 0. The normalized spacial score (nSPS) is 17.3. The zero-order valence-electron chi connectivity index (χ0n) is 17.4. The van der Waals surface area contributed by atoms with Gasteiger partial charge in [-0.15, -0.1) is 0 Å². The van der Waals surface area contributed by atoms with Crippen molar-refractivity contribution in [3.8, 4) is 0 Å². The first-order chi connectivity index (χ1) is 14.2. The van der Waals surface area contributed by atoms with Crippen molar-refractivity contribution in [1.82, 2.24) is 4.90 Å². The van der Waals surface area contributed by atoms with Crippen LogP contribution in [0, 0.1) is 0 Å². The molecule has 0 saturated carbocycles. The molecule has 2 aliphatic rings. The summed E-state index contributed by atoms with van der Waals surface area (Å²) in [4.78, 5) is 7.57. The maximum absolute atomic E-state index is 2.60. The summed E-state index contributed by atoms with van der Waals surface area (Å²) in [6, 6.07) is 26.9.